The molecule has 95 heavy (non-hydrogen) atoms. The molecule has 0 saturated carbocycles. The number of nitrogens with zero attached hydrogens (tertiary/aromatic N) is 1. The minimum absolute atomic E-state index is 0.143. The number of carbonyl (C=O) groups is 3. The molecule has 0 bridgehead atoms. The molecule has 2 atom stereocenters. The molecule has 0 spiro atoms. The second-order valence-electron chi connectivity index (χ2n) is 27.3. The molecule has 544 valence electrons. The highest BCUT2D eigenvalue weighted by Gasteiger charge is 2.22. The maximum atomic E-state index is 13.0. The van der Waals surface area contributed by atoms with Crippen molar-refractivity contribution in [3.63, 3.8) is 0 Å². The topological polar surface area (TPSA) is 111 Å². The van der Waals surface area contributed by atoms with Crippen LogP contribution in [0.1, 0.15) is 335 Å². The van der Waals surface area contributed by atoms with Crippen molar-refractivity contribution >= 4 is 17.9 Å². The third-order valence-corrected chi connectivity index (χ3v) is 16.9. The first-order chi connectivity index (χ1) is 46.6. The molecule has 0 aromatic rings. The smallest absolute Gasteiger partial charge is 0.306 e. The maximum Gasteiger partial charge on any atom is 0.306 e. The molecule has 9 nitrogen and oxygen atoms in total. The van der Waals surface area contributed by atoms with Gasteiger partial charge in [-0.1, -0.05) is 340 Å². The van der Waals surface area contributed by atoms with E-state index >= 15 is 0 Å². The molecule has 0 fully saturated rings. The Morgan fingerprint density at radius 3 is 0.905 bits per heavy atom. The van der Waals surface area contributed by atoms with E-state index in [1.165, 1.54) is 193 Å². The third-order valence-electron chi connectivity index (χ3n) is 16.9. The second-order valence-corrected chi connectivity index (χ2v) is 27.3. The summed E-state index contributed by atoms with van der Waals surface area (Å²) in [5.74, 6) is -2.28. The van der Waals surface area contributed by atoms with Gasteiger partial charge in [-0.3, -0.25) is 9.59 Å². The Morgan fingerprint density at radius 2 is 0.600 bits per heavy atom. The molecule has 2 unspecified atom stereocenters. The highest BCUT2D eigenvalue weighted by Crippen LogP contribution is 2.18. The number of hydrogen-bond donors (Lipinski definition) is 0. The number of ether oxygens (including phenoxy) is 4. The van der Waals surface area contributed by atoms with E-state index in [0.29, 0.717) is 17.4 Å². The van der Waals surface area contributed by atoms with Gasteiger partial charge in [-0.2, -0.15) is 0 Å². The van der Waals surface area contributed by atoms with Crippen molar-refractivity contribution < 1.29 is 42.9 Å². The standard InChI is InChI=1S/C86H147NO8/c1-6-8-10-12-14-16-18-20-22-24-26-28-30-32-34-36-37-38-39-40-41-42-43-44-45-46-47-49-51-53-55-57-59-61-63-65-67-69-71-73-75-77-84(89)95-82(81-94-86(85(90)91)92-79-78-87(3,4)5)80-93-83(88)76-74-72-70-68-66-64-62-60-58-56-54-52-50-48-35-33-31-29-27-25-23-21-19-17-15-13-11-9-7-2/h8,10,14,16,20,22,25-28,32,34,37-38,40-41,43-44,46-47,51,53,82,86H,6-7,9,11-13,15,17-19,21,23-24,29-31,33,35-36,39,42,45,48-50,52,54-81H2,1-5H3/b10-8-,16-14-,22-20-,27-25-,28-26-,34-32-,38-37-,41-40-,44-43-,47-46-,53-51-. The molecule has 0 saturated heterocycles. The van der Waals surface area contributed by atoms with Crippen LogP contribution in [0.5, 0.6) is 0 Å². The van der Waals surface area contributed by atoms with Crippen molar-refractivity contribution in [3.05, 3.63) is 134 Å². The zero-order valence-corrected chi connectivity index (χ0v) is 62.3. The van der Waals surface area contributed by atoms with Crippen LogP contribution in [-0.2, 0) is 33.3 Å². The van der Waals surface area contributed by atoms with Gasteiger partial charge in [0.25, 0.3) is 0 Å². The number of rotatable bonds is 72. The molecule has 0 N–H and O–H groups in total. The van der Waals surface area contributed by atoms with Crippen LogP contribution in [0.4, 0.5) is 0 Å². The van der Waals surface area contributed by atoms with Crippen molar-refractivity contribution in [1.82, 2.24) is 0 Å². The van der Waals surface area contributed by atoms with E-state index in [2.05, 4.69) is 148 Å². The summed E-state index contributed by atoms with van der Waals surface area (Å²) in [6.07, 6.45) is 106. The molecule has 0 amide bonds. The lowest BCUT2D eigenvalue weighted by Gasteiger charge is -2.26. The van der Waals surface area contributed by atoms with Gasteiger partial charge in [0.05, 0.1) is 40.3 Å². The number of carboxylic acid groups (broad SMARTS) is 1. The van der Waals surface area contributed by atoms with Crippen molar-refractivity contribution in [3.8, 4) is 0 Å². The molecule has 0 rings (SSSR count). The van der Waals surface area contributed by atoms with Crippen LogP contribution in [0, 0.1) is 0 Å². The maximum absolute atomic E-state index is 13.0. The molecule has 0 aliphatic rings. The lowest BCUT2D eigenvalue weighted by atomic mass is 10.0. The summed E-state index contributed by atoms with van der Waals surface area (Å²) in [5, 5.41) is 11.9. The van der Waals surface area contributed by atoms with Gasteiger partial charge in [0.1, 0.15) is 13.2 Å². The lowest BCUT2D eigenvalue weighted by molar-refractivity contribution is -0.870. The first kappa shape index (κ1) is 90.4. The average molecular weight is 1320 g/mol. The van der Waals surface area contributed by atoms with Crippen molar-refractivity contribution in [2.45, 2.75) is 347 Å². The number of likely N-dealkylation sites (N-methyl/N-ethyl adjacent to an activating group) is 1. The quantitative estimate of drug-likeness (QED) is 0.0195. The lowest BCUT2D eigenvalue weighted by Crippen LogP contribution is -2.44. The number of quaternary nitrogens is 1. The first-order valence-corrected chi connectivity index (χ1v) is 39.3. The molecule has 0 aliphatic carbocycles. The van der Waals surface area contributed by atoms with E-state index in [0.717, 1.165) is 109 Å². The van der Waals surface area contributed by atoms with E-state index in [1.54, 1.807) is 0 Å². The summed E-state index contributed by atoms with van der Waals surface area (Å²) in [4.78, 5) is 37.6. The number of allylic oxidation sites excluding steroid dienone is 22. The Morgan fingerprint density at radius 1 is 0.326 bits per heavy atom. The monoisotopic (exact) mass is 1320 g/mol. The summed E-state index contributed by atoms with van der Waals surface area (Å²) in [6.45, 7) is 4.66. The number of carboxylic acids is 1. The number of esters is 2. The minimum Gasteiger partial charge on any atom is -0.545 e. The van der Waals surface area contributed by atoms with Gasteiger partial charge >= 0.3 is 11.9 Å². The summed E-state index contributed by atoms with van der Waals surface area (Å²) in [7, 11) is 5.93. The number of unbranched alkanes of at least 4 members (excludes halogenated alkanes) is 35. The summed E-state index contributed by atoms with van der Waals surface area (Å²) in [5.41, 5.74) is 0. The third kappa shape index (κ3) is 76.7. The van der Waals surface area contributed by atoms with Gasteiger partial charge in [-0.05, 0) is 116 Å². The molecule has 0 aromatic heterocycles. The fraction of sp³-hybridized carbons (Fsp3) is 0.709. The molecular weight excluding hydrogens is 1170 g/mol. The highest BCUT2D eigenvalue weighted by molar-refractivity contribution is 5.70. The Labute approximate surface area is 586 Å². The van der Waals surface area contributed by atoms with Crippen LogP contribution in [0.3, 0.4) is 0 Å². The molecule has 0 aromatic carbocycles. The number of carbonyl (C=O) groups excluding carboxylic acids is 3. The van der Waals surface area contributed by atoms with E-state index in [-0.39, 0.29) is 38.6 Å². The van der Waals surface area contributed by atoms with Gasteiger partial charge < -0.3 is 33.3 Å². The van der Waals surface area contributed by atoms with Crippen LogP contribution in [0.25, 0.3) is 0 Å². The fourth-order valence-electron chi connectivity index (χ4n) is 10.9. The summed E-state index contributed by atoms with van der Waals surface area (Å²) >= 11 is 0. The van der Waals surface area contributed by atoms with Gasteiger partial charge in [-0.15, -0.1) is 0 Å². The van der Waals surface area contributed by atoms with Crippen molar-refractivity contribution in [2.75, 3.05) is 47.5 Å². The fourth-order valence-corrected chi connectivity index (χ4v) is 10.9. The van der Waals surface area contributed by atoms with E-state index in [4.69, 9.17) is 18.9 Å². The van der Waals surface area contributed by atoms with Crippen LogP contribution < -0.4 is 5.11 Å². The summed E-state index contributed by atoms with van der Waals surface area (Å²) < 4.78 is 22.8. The van der Waals surface area contributed by atoms with Crippen LogP contribution in [-0.4, -0.2) is 82.3 Å². The molecular formula is C86H147NO8. The SMILES string of the molecule is CC/C=C\C/C=C\C/C=C\C/C=C\C/C=C\C/C=C\C/C=C\C/C=C\C/C=C\C/C=C\CCCCCCCCCCCCC(=O)OC(COC(=O)CCCCCCCCCCCCCCCCCCC/C=C\CCCCCCCCCC)COC(OCC[N+](C)(C)C)C(=O)[O-]. The molecule has 0 heterocycles. The Hall–Kier alpha value is -4.57. The van der Waals surface area contributed by atoms with Crippen LogP contribution >= 0.6 is 0 Å². The van der Waals surface area contributed by atoms with E-state index < -0.39 is 24.3 Å². The van der Waals surface area contributed by atoms with Gasteiger partial charge in [0.15, 0.2) is 12.4 Å². The number of aliphatic carboxylic acids is 1. The first-order valence-electron chi connectivity index (χ1n) is 39.3. The Balaban J connectivity index is 4.10. The minimum atomic E-state index is -1.63. The van der Waals surface area contributed by atoms with E-state index in [9.17, 15) is 19.5 Å². The van der Waals surface area contributed by atoms with Crippen molar-refractivity contribution in [2.24, 2.45) is 0 Å². The largest absolute Gasteiger partial charge is 0.545 e. The van der Waals surface area contributed by atoms with Crippen LogP contribution in [0.15, 0.2) is 134 Å². The Kier molecular flexibility index (Phi) is 71.6. The molecule has 0 radical (unpaired) electrons. The number of hydrogen-bond acceptors (Lipinski definition) is 8. The normalized spacial score (nSPS) is 13.4. The second kappa shape index (κ2) is 75.2. The average Bonchev–Trinajstić information content (AvgIpc) is 3.54. The van der Waals surface area contributed by atoms with Crippen LogP contribution in [0.2, 0.25) is 0 Å². The predicted octanol–water partition coefficient (Wildman–Crippen LogP) is 23.9. The van der Waals surface area contributed by atoms with Gasteiger partial charge in [0.2, 0.25) is 0 Å². The van der Waals surface area contributed by atoms with Crippen molar-refractivity contribution in [1.29, 1.82) is 0 Å². The molecule has 9 heteroatoms. The predicted molar refractivity (Wildman–Crippen MR) is 407 cm³/mol. The highest BCUT2D eigenvalue weighted by atomic mass is 16.7. The van der Waals surface area contributed by atoms with E-state index in [1.807, 2.05) is 21.1 Å². The van der Waals surface area contributed by atoms with Gasteiger partial charge in [-0.25, -0.2) is 0 Å². The summed E-state index contributed by atoms with van der Waals surface area (Å²) in [6, 6.07) is 0. The zero-order valence-electron chi connectivity index (χ0n) is 62.3. The van der Waals surface area contributed by atoms with Gasteiger partial charge in [0, 0.05) is 12.8 Å². The molecule has 0 aliphatic heterocycles. The zero-order chi connectivity index (χ0) is 69.0. The Bertz CT molecular complexity index is 2030.